The van der Waals surface area contributed by atoms with Crippen molar-refractivity contribution in [3.63, 3.8) is 0 Å². The van der Waals surface area contributed by atoms with Crippen LogP contribution < -0.4 is 0 Å². The monoisotopic (exact) mass is 206 g/mol. The van der Waals surface area contributed by atoms with Crippen molar-refractivity contribution in [1.82, 2.24) is 0 Å². The highest BCUT2D eigenvalue weighted by Crippen LogP contribution is 2.31. The van der Waals surface area contributed by atoms with E-state index in [0.29, 0.717) is 12.0 Å². The van der Waals surface area contributed by atoms with Gasteiger partial charge in [-0.25, -0.2) is 4.39 Å². The summed E-state index contributed by atoms with van der Waals surface area (Å²) in [5.41, 5.74) is 2.18. The van der Waals surface area contributed by atoms with Gasteiger partial charge in [-0.15, -0.1) is 0 Å². The lowest BCUT2D eigenvalue weighted by atomic mass is 10.00. The van der Waals surface area contributed by atoms with Crippen LogP contribution in [0, 0.1) is 11.7 Å². The SMILES string of the molecule is CC(C(=O)O)C1=Cc2c(F)cccc2C1. The predicted octanol–water partition coefficient (Wildman–Crippen LogP) is 2.49. The Bertz CT molecular complexity index is 449. The zero-order valence-corrected chi connectivity index (χ0v) is 8.33. The van der Waals surface area contributed by atoms with E-state index >= 15 is 0 Å². The quantitative estimate of drug-likeness (QED) is 0.807. The van der Waals surface area contributed by atoms with Gasteiger partial charge >= 0.3 is 5.97 Å². The first-order chi connectivity index (χ1) is 7.09. The number of rotatable bonds is 2. The van der Waals surface area contributed by atoms with E-state index in [-0.39, 0.29) is 5.82 Å². The normalized spacial score (nSPS) is 15.7. The van der Waals surface area contributed by atoms with Gasteiger partial charge in [0.2, 0.25) is 0 Å². The van der Waals surface area contributed by atoms with Crippen LogP contribution in [0.5, 0.6) is 0 Å². The largest absolute Gasteiger partial charge is 0.481 e. The second kappa shape index (κ2) is 3.50. The number of benzene rings is 1. The zero-order chi connectivity index (χ0) is 11.0. The van der Waals surface area contributed by atoms with E-state index in [4.69, 9.17) is 5.11 Å². The second-order valence-corrected chi connectivity index (χ2v) is 3.77. The van der Waals surface area contributed by atoms with Crippen LogP contribution >= 0.6 is 0 Å². The summed E-state index contributed by atoms with van der Waals surface area (Å²) in [6, 6.07) is 4.87. The highest BCUT2D eigenvalue weighted by atomic mass is 19.1. The van der Waals surface area contributed by atoms with Gasteiger partial charge in [0.15, 0.2) is 0 Å². The molecule has 1 aromatic carbocycles. The Morgan fingerprint density at radius 3 is 2.87 bits per heavy atom. The van der Waals surface area contributed by atoms with E-state index in [9.17, 15) is 9.18 Å². The molecule has 1 aromatic rings. The van der Waals surface area contributed by atoms with Crippen molar-refractivity contribution in [3.05, 3.63) is 40.7 Å². The van der Waals surface area contributed by atoms with Gasteiger partial charge in [-0.2, -0.15) is 0 Å². The molecule has 0 radical (unpaired) electrons. The Morgan fingerprint density at radius 2 is 2.27 bits per heavy atom. The lowest BCUT2D eigenvalue weighted by Gasteiger charge is -2.06. The molecule has 1 N–H and O–H groups in total. The maximum Gasteiger partial charge on any atom is 0.310 e. The van der Waals surface area contributed by atoms with Crippen molar-refractivity contribution in [2.75, 3.05) is 0 Å². The van der Waals surface area contributed by atoms with Crippen molar-refractivity contribution in [1.29, 1.82) is 0 Å². The van der Waals surface area contributed by atoms with E-state index in [2.05, 4.69) is 0 Å². The third-order valence-corrected chi connectivity index (χ3v) is 2.79. The fraction of sp³-hybridized carbons (Fsp3) is 0.250. The predicted molar refractivity (Wildman–Crippen MR) is 54.9 cm³/mol. The summed E-state index contributed by atoms with van der Waals surface area (Å²) >= 11 is 0. The molecule has 0 saturated carbocycles. The van der Waals surface area contributed by atoms with Gasteiger partial charge in [-0.05, 0) is 25.0 Å². The molecule has 0 fully saturated rings. The molecule has 1 unspecified atom stereocenters. The van der Waals surface area contributed by atoms with Gasteiger partial charge in [-0.3, -0.25) is 4.79 Å². The number of hydrogen-bond donors (Lipinski definition) is 1. The first kappa shape index (κ1) is 9.90. The molecular formula is C12H11FO2. The minimum absolute atomic E-state index is 0.278. The molecule has 3 heteroatoms. The Balaban J connectivity index is 2.35. The molecule has 0 heterocycles. The second-order valence-electron chi connectivity index (χ2n) is 3.77. The third-order valence-electron chi connectivity index (χ3n) is 2.79. The molecule has 2 nitrogen and oxygen atoms in total. The maximum absolute atomic E-state index is 13.3. The summed E-state index contributed by atoms with van der Waals surface area (Å²) in [5.74, 6) is -1.69. The van der Waals surface area contributed by atoms with Crippen LogP contribution in [0.25, 0.3) is 6.08 Å². The molecular weight excluding hydrogens is 195 g/mol. The minimum atomic E-state index is -0.866. The van der Waals surface area contributed by atoms with Crippen molar-refractivity contribution < 1.29 is 14.3 Å². The summed E-state index contributed by atoms with van der Waals surface area (Å²) in [5, 5.41) is 8.86. The molecule has 1 aliphatic rings. The van der Waals surface area contributed by atoms with E-state index in [1.807, 2.05) is 6.07 Å². The number of aliphatic carboxylic acids is 1. The Morgan fingerprint density at radius 1 is 1.53 bits per heavy atom. The van der Waals surface area contributed by atoms with Gasteiger partial charge in [-0.1, -0.05) is 23.8 Å². The molecule has 0 spiro atoms. The first-order valence-electron chi connectivity index (χ1n) is 4.80. The summed E-state index contributed by atoms with van der Waals surface area (Å²) in [4.78, 5) is 10.8. The Labute approximate surface area is 87.0 Å². The maximum atomic E-state index is 13.3. The Kier molecular flexibility index (Phi) is 2.31. The average Bonchev–Trinajstić information content (AvgIpc) is 2.61. The molecule has 15 heavy (non-hydrogen) atoms. The highest BCUT2D eigenvalue weighted by Gasteiger charge is 2.23. The highest BCUT2D eigenvalue weighted by molar-refractivity contribution is 5.78. The fourth-order valence-electron chi connectivity index (χ4n) is 1.79. The van der Waals surface area contributed by atoms with Crippen molar-refractivity contribution in [2.24, 2.45) is 5.92 Å². The molecule has 1 aliphatic carbocycles. The summed E-state index contributed by atoms with van der Waals surface area (Å²) in [7, 11) is 0. The lowest BCUT2D eigenvalue weighted by Crippen LogP contribution is -2.12. The molecule has 0 amide bonds. The van der Waals surface area contributed by atoms with E-state index < -0.39 is 11.9 Å². The van der Waals surface area contributed by atoms with Crippen molar-refractivity contribution in [2.45, 2.75) is 13.3 Å². The van der Waals surface area contributed by atoms with E-state index in [0.717, 1.165) is 11.1 Å². The van der Waals surface area contributed by atoms with Crippen molar-refractivity contribution >= 4 is 12.0 Å². The molecule has 0 bridgehead atoms. The molecule has 0 aromatic heterocycles. The summed E-state index contributed by atoms with van der Waals surface area (Å²) < 4.78 is 13.3. The van der Waals surface area contributed by atoms with Crippen LogP contribution in [-0.2, 0) is 11.2 Å². The lowest BCUT2D eigenvalue weighted by molar-refractivity contribution is -0.139. The fourth-order valence-corrected chi connectivity index (χ4v) is 1.79. The Hall–Kier alpha value is -1.64. The molecule has 1 atom stereocenters. The van der Waals surface area contributed by atoms with Crippen LogP contribution in [0.3, 0.4) is 0 Å². The van der Waals surface area contributed by atoms with Crippen LogP contribution in [-0.4, -0.2) is 11.1 Å². The number of hydrogen-bond acceptors (Lipinski definition) is 1. The van der Waals surface area contributed by atoms with Crippen LogP contribution in [0.2, 0.25) is 0 Å². The average molecular weight is 206 g/mol. The van der Waals surface area contributed by atoms with Crippen LogP contribution in [0.4, 0.5) is 4.39 Å². The van der Waals surface area contributed by atoms with Crippen LogP contribution in [0.15, 0.2) is 23.8 Å². The van der Waals surface area contributed by atoms with Gasteiger partial charge < -0.3 is 5.11 Å². The standard InChI is InChI=1S/C12H11FO2/c1-7(12(14)15)9-5-8-3-2-4-11(13)10(8)6-9/h2-4,6-7H,5H2,1H3,(H,14,15). The van der Waals surface area contributed by atoms with E-state index in [1.54, 1.807) is 19.1 Å². The number of carbonyl (C=O) groups is 1. The van der Waals surface area contributed by atoms with Gasteiger partial charge in [0, 0.05) is 5.56 Å². The van der Waals surface area contributed by atoms with Gasteiger partial charge in [0.1, 0.15) is 5.82 Å². The van der Waals surface area contributed by atoms with Gasteiger partial charge in [0.25, 0.3) is 0 Å². The molecule has 0 saturated heterocycles. The van der Waals surface area contributed by atoms with Crippen LogP contribution in [0.1, 0.15) is 18.1 Å². The number of fused-ring (bicyclic) bond motifs is 1. The zero-order valence-electron chi connectivity index (χ0n) is 8.33. The third kappa shape index (κ3) is 1.65. The number of halogens is 1. The minimum Gasteiger partial charge on any atom is -0.481 e. The summed E-state index contributed by atoms with van der Waals surface area (Å²) in [6.07, 6.45) is 2.20. The molecule has 2 rings (SSSR count). The summed E-state index contributed by atoms with van der Waals surface area (Å²) in [6.45, 7) is 1.62. The number of carboxylic acids is 1. The number of carboxylic acid groups (broad SMARTS) is 1. The topological polar surface area (TPSA) is 37.3 Å². The molecule has 78 valence electrons. The van der Waals surface area contributed by atoms with Gasteiger partial charge in [0.05, 0.1) is 5.92 Å². The van der Waals surface area contributed by atoms with Crippen molar-refractivity contribution in [3.8, 4) is 0 Å². The first-order valence-corrected chi connectivity index (χ1v) is 4.80. The van der Waals surface area contributed by atoms with E-state index in [1.165, 1.54) is 6.07 Å². The molecule has 0 aliphatic heterocycles. The smallest absolute Gasteiger partial charge is 0.310 e.